The third kappa shape index (κ3) is 7.14. The molecule has 7 nitrogen and oxygen atoms in total. The first kappa shape index (κ1) is 29.8. The molecule has 4 rings (SSSR count). The van der Waals surface area contributed by atoms with E-state index in [1.807, 2.05) is 60.7 Å². The molecule has 0 radical (unpaired) electrons. The maximum absolute atomic E-state index is 14.3. The van der Waals surface area contributed by atoms with Crippen molar-refractivity contribution in [2.24, 2.45) is 0 Å². The van der Waals surface area contributed by atoms with Crippen molar-refractivity contribution in [1.82, 2.24) is 10.2 Å². The predicted octanol–water partition coefficient (Wildman–Crippen LogP) is 5.23. The van der Waals surface area contributed by atoms with Gasteiger partial charge in [0.05, 0.1) is 10.6 Å². The van der Waals surface area contributed by atoms with Gasteiger partial charge in [-0.05, 0) is 47.9 Å². The van der Waals surface area contributed by atoms with Crippen LogP contribution in [0.4, 0.5) is 5.69 Å². The Morgan fingerprint density at radius 1 is 0.805 bits per heavy atom. The molecular formula is C32H32ClN3O4S. The number of carbonyl (C=O) groups is 2. The maximum atomic E-state index is 14.3. The van der Waals surface area contributed by atoms with Gasteiger partial charge in [-0.3, -0.25) is 13.9 Å². The van der Waals surface area contributed by atoms with Crippen molar-refractivity contribution >= 4 is 39.1 Å². The Morgan fingerprint density at radius 3 is 1.95 bits per heavy atom. The van der Waals surface area contributed by atoms with E-state index in [4.69, 9.17) is 11.6 Å². The molecule has 0 fully saturated rings. The standard InChI is InChI=1S/C32H32ClN3O4S/c1-24-28(33)19-12-20-29(24)36(41(39,40)27-17-10-5-11-18-27)23-31(37)35(22-26-15-8-4-9-16-26)30(32(38)34-2)21-25-13-6-3-7-14-25/h3-20,30H,21-23H2,1-2H3,(H,34,38). The lowest BCUT2D eigenvalue weighted by atomic mass is 10.0. The third-order valence-electron chi connectivity index (χ3n) is 6.83. The van der Waals surface area contributed by atoms with Crippen molar-refractivity contribution in [3.8, 4) is 0 Å². The summed E-state index contributed by atoms with van der Waals surface area (Å²) in [6.45, 7) is 1.28. The zero-order valence-corrected chi connectivity index (χ0v) is 24.5. The minimum Gasteiger partial charge on any atom is -0.357 e. The number of anilines is 1. The number of nitrogens with zero attached hydrogens (tertiary/aromatic N) is 2. The second kappa shape index (κ2) is 13.5. The van der Waals surface area contributed by atoms with Crippen molar-refractivity contribution in [1.29, 1.82) is 0 Å². The summed E-state index contributed by atoms with van der Waals surface area (Å²) in [7, 11) is -2.66. The summed E-state index contributed by atoms with van der Waals surface area (Å²) in [6, 6.07) is 30.7. The van der Waals surface area contributed by atoms with Crippen molar-refractivity contribution < 1.29 is 18.0 Å². The molecule has 0 aliphatic heterocycles. The SMILES string of the molecule is CNC(=O)C(Cc1ccccc1)N(Cc1ccccc1)C(=O)CN(c1cccc(Cl)c1C)S(=O)(=O)c1ccccc1. The lowest BCUT2D eigenvalue weighted by molar-refractivity contribution is -0.139. The molecule has 0 bridgehead atoms. The minimum atomic E-state index is -4.18. The Balaban J connectivity index is 1.80. The summed E-state index contributed by atoms with van der Waals surface area (Å²) in [6.07, 6.45) is 0.251. The van der Waals surface area contributed by atoms with Gasteiger partial charge < -0.3 is 10.2 Å². The monoisotopic (exact) mass is 589 g/mol. The smallest absolute Gasteiger partial charge is 0.264 e. The Hall–Kier alpha value is -4.14. The molecule has 212 valence electrons. The first-order valence-electron chi connectivity index (χ1n) is 13.1. The summed E-state index contributed by atoms with van der Waals surface area (Å²) in [5.74, 6) is -0.883. The van der Waals surface area contributed by atoms with E-state index >= 15 is 0 Å². The largest absolute Gasteiger partial charge is 0.357 e. The average Bonchev–Trinajstić information content (AvgIpc) is 3.00. The highest BCUT2D eigenvalue weighted by molar-refractivity contribution is 7.92. The summed E-state index contributed by atoms with van der Waals surface area (Å²) >= 11 is 6.39. The average molecular weight is 590 g/mol. The number of halogens is 1. The third-order valence-corrected chi connectivity index (χ3v) is 9.01. The molecule has 4 aromatic carbocycles. The van der Waals surface area contributed by atoms with Crippen LogP contribution in [0.2, 0.25) is 5.02 Å². The van der Waals surface area contributed by atoms with Gasteiger partial charge in [0.15, 0.2) is 0 Å². The van der Waals surface area contributed by atoms with Crippen LogP contribution in [0, 0.1) is 6.92 Å². The van der Waals surface area contributed by atoms with Crippen LogP contribution in [0.1, 0.15) is 16.7 Å². The van der Waals surface area contributed by atoms with Crippen LogP contribution >= 0.6 is 11.6 Å². The molecule has 1 atom stereocenters. The van der Waals surface area contributed by atoms with E-state index in [2.05, 4.69) is 5.32 Å². The second-order valence-electron chi connectivity index (χ2n) is 9.54. The Kier molecular flexibility index (Phi) is 9.81. The number of sulfonamides is 1. The number of carbonyl (C=O) groups excluding carboxylic acids is 2. The highest BCUT2D eigenvalue weighted by Gasteiger charge is 2.34. The minimum absolute atomic E-state index is 0.0360. The molecule has 41 heavy (non-hydrogen) atoms. The number of hydrogen-bond donors (Lipinski definition) is 1. The number of nitrogens with one attached hydrogen (secondary N) is 1. The molecule has 0 heterocycles. The van der Waals surface area contributed by atoms with Gasteiger partial charge in [0.2, 0.25) is 11.8 Å². The molecule has 1 N–H and O–H groups in total. The van der Waals surface area contributed by atoms with Crippen LogP contribution in [0.25, 0.3) is 0 Å². The molecule has 0 saturated carbocycles. The molecule has 0 aliphatic rings. The van der Waals surface area contributed by atoms with Crippen LogP contribution in [0.15, 0.2) is 114 Å². The van der Waals surface area contributed by atoms with E-state index in [9.17, 15) is 18.0 Å². The highest BCUT2D eigenvalue weighted by atomic mass is 35.5. The van der Waals surface area contributed by atoms with E-state index in [0.29, 0.717) is 10.6 Å². The van der Waals surface area contributed by atoms with Crippen molar-refractivity contribution in [3.05, 3.63) is 131 Å². The first-order valence-corrected chi connectivity index (χ1v) is 15.0. The summed E-state index contributed by atoms with van der Waals surface area (Å²) in [5.41, 5.74) is 2.47. The second-order valence-corrected chi connectivity index (χ2v) is 11.8. The van der Waals surface area contributed by atoms with Crippen molar-refractivity contribution in [2.75, 3.05) is 17.9 Å². The number of amides is 2. The van der Waals surface area contributed by atoms with Gasteiger partial charge in [-0.25, -0.2) is 8.42 Å². The normalized spacial score (nSPS) is 11.9. The Morgan fingerprint density at radius 2 is 1.37 bits per heavy atom. The zero-order chi connectivity index (χ0) is 29.4. The van der Waals surface area contributed by atoms with E-state index in [0.717, 1.165) is 15.4 Å². The summed E-state index contributed by atoms with van der Waals surface area (Å²) in [4.78, 5) is 29.0. The van der Waals surface area contributed by atoms with Gasteiger partial charge in [0.1, 0.15) is 12.6 Å². The van der Waals surface area contributed by atoms with Gasteiger partial charge in [-0.2, -0.15) is 0 Å². The van der Waals surface area contributed by atoms with E-state index < -0.39 is 28.5 Å². The highest BCUT2D eigenvalue weighted by Crippen LogP contribution is 2.31. The van der Waals surface area contributed by atoms with Crippen molar-refractivity contribution in [2.45, 2.75) is 30.8 Å². The first-order chi connectivity index (χ1) is 19.7. The number of hydrogen-bond acceptors (Lipinski definition) is 4. The van der Waals surface area contributed by atoms with Crippen LogP contribution in [0.5, 0.6) is 0 Å². The van der Waals surface area contributed by atoms with Crippen LogP contribution in [-0.2, 0) is 32.6 Å². The molecule has 0 spiro atoms. The lowest BCUT2D eigenvalue weighted by Gasteiger charge is -2.34. The van der Waals surface area contributed by atoms with Gasteiger partial charge >= 0.3 is 0 Å². The molecule has 0 saturated heterocycles. The Labute approximate surface area is 246 Å². The topological polar surface area (TPSA) is 86.8 Å². The summed E-state index contributed by atoms with van der Waals surface area (Å²) in [5, 5.41) is 3.05. The number of likely N-dealkylation sites (N-methyl/N-ethyl adjacent to an activating group) is 1. The Bertz CT molecular complexity index is 1580. The lowest BCUT2D eigenvalue weighted by Crippen LogP contribution is -2.53. The molecule has 1 unspecified atom stereocenters. The molecule has 2 amide bonds. The fourth-order valence-corrected chi connectivity index (χ4v) is 6.26. The van der Waals surface area contributed by atoms with Gasteiger partial charge in [0.25, 0.3) is 10.0 Å². The molecule has 9 heteroatoms. The fourth-order valence-electron chi connectivity index (χ4n) is 4.60. The number of rotatable bonds is 11. The zero-order valence-electron chi connectivity index (χ0n) is 22.9. The van der Waals surface area contributed by atoms with Crippen LogP contribution < -0.4 is 9.62 Å². The quantitative estimate of drug-likeness (QED) is 0.260. The van der Waals surface area contributed by atoms with Crippen LogP contribution in [-0.4, -0.2) is 44.8 Å². The van der Waals surface area contributed by atoms with E-state index in [-0.39, 0.29) is 29.5 Å². The van der Waals surface area contributed by atoms with Crippen LogP contribution in [0.3, 0.4) is 0 Å². The predicted molar refractivity (Wildman–Crippen MR) is 162 cm³/mol. The van der Waals surface area contributed by atoms with Gasteiger partial charge in [0, 0.05) is 25.0 Å². The molecule has 4 aromatic rings. The molecule has 0 aliphatic carbocycles. The van der Waals surface area contributed by atoms with Crippen molar-refractivity contribution in [3.63, 3.8) is 0 Å². The van der Waals surface area contributed by atoms with E-state index in [1.54, 1.807) is 43.3 Å². The number of benzene rings is 4. The maximum Gasteiger partial charge on any atom is 0.264 e. The van der Waals surface area contributed by atoms with Gasteiger partial charge in [-0.1, -0.05) is 96.5 Å². The van der Waals surface area contributed by atoms with E-state index in [1.165, 1.54) is 24.1 Å². The summed E-state index contributed by atoms with van der Waals surface area (Å²) < 4.78 is 29.1. The van der Waals surface area contributed by atoms with Gasteiger partial charge in [-0.15, -0.1) is 0 Å². The molecular weight excluding hydrogens is 558 g/mol. The fraction of sp³-hybridized carbons (Fsp3) is 0.188. The molecule has 0 aromatic heterocycles.